The van der Waals surface area contributed by atoms with Gasteiger partial charge in [0.1, 0.15) is 0 Å². The van der Waals surface area contributed by atoms with Crippen molar-refractivity contribution in [1.82, 2.24) is 0 Å². The molecule has 0 unspecified atom stereocenters. The first-order chi connectivity index (χ1) is 14.4. The number of ether oxygens (including phenoxy) is 7. The van der Waals surface area contributed by atoms with E-state index in [1.807, 2.05) is 6.92 Å². The van der Waals surface area contributed by atoms with E-state index in [-0.39, 0.29) is 0 Å². The second kappa shape index (κ2) is 27.7. The molecule has 0 aromatic carbocycles. The molecule has 0 aliphatic heterocycles. The summed E-state index contributed by atoms with van der Waals surface area (Å²) in [5.41, 5.74) is 0. The molecule has 0 heterocycles. The fourth-order valence-corrected chi connectivity index (χ4v) is 2.45. The first kappa shape index (κ1) is 28.7. The minimum atomic E-state index is 0.564. The van der Waals surface area contributed by atoms with Gasteiger partial charge in [0, 0.05) is 13.2 Å². The molecule has 7 heteroatoms. The van der Waals surface area contributed by atoms with Crippen LogP contribution in [0.2, 0.25) is 0 Å². The Morgan fingerprint density at radius 2 is 0.621 bits per heavy atom. The number of hydrogen-bond donors (Lipinski definition) is 0. The van der Waals surface area contributed by atoms with E-state index < -0.39 is 0 Å². The molecular weight excluding hydrogens is 376 g/mol. The Morgan fingerprint density at radius 1 is 0.310 bits per heavy atom. The van der Waals surface area contributed by atoms with Gasteiger partial charge in [0.05, 0.1) is 79.3 Å². The maximum Gasteiger partial charge on any atom is 0.0701 e. The van der Waals surface area contributed by atoms with E-state index in [2.05, 4.69) is 6.92 Å². The highest BCUT2D eigenvalue weighted by molar-refractivity contribution is 4.43. The highest BCUT2D eigenvalue weighted by atomic mass is 16.6. The molecule has 0 atom stereocenters. The third-order valence-electron chi connectivity index (χ3n) is 4.08. The van der Waals surface area contributed by atoms with Crippen molar-refractivity contribution in [1.29, 1.82) is 0 Å². The maximum atomic E-state index is 5.56. The summed E-state index contributed by atoms with van der Waals surface area (Å²) in [6.07, 6.45) is 7.75. The minimum absolute atomic E-state index is 0.564. The van der Waals surface area contributed by atoms with Crippen LogP contribution in [0.5, 0.6) is 0 Å². The van der Waals surface area contributed by atoms with Gasteiger partial charge in [0.25, 0.3) is 0 Å². The third kappa shape index (κ3) is 27.7. The molecule has 0 bridgehead atoms. The number of unbranched alkanes of at least 4 members (excludes halogenated alkanes) is 5. The Labute approximate surface area is 178 Å². The number of hydrogen-bond acceptors (Lipinski definition) is 7. The fraction of sp³-hybridized carbons (Fsp3) is 1.00. The summed E-state index contributed by atoms with van der Waals surface area (Å²) in [7, 11) is 0. The van der Waals surface area contributed by atoms with E-state index in [1.54, 1.807) is 0 Å². The van der Waals surface area contributed by atoms with Gasteiger partial charge in [-0.15, -0.1) is 0 Å². The lowest BCUT2D eigenvalue weighted by Crippen LogP contribution is -2.14. The maximum absolute atomic E-state index is 5.56. The van der Waals surface area contributed by atoms with Crippen molar-refractivity contribution in [3.63, 3.8) is 0 Å². The monoisotopic (exact) mass is 422 g/mol. The van der Waals surface area contributed by atoms with Crippen LogP contribution in [0.3, 0.4) is 0 Å². The zero-order valence-electron chi connectivity index (χ0n) is 19.0. The standard InChI is InChI=1S/C22H46O7/c1-3-5-6-7-8-9-10-24-13-14-26-17-18-28-21-22-29-20-19-27-16-15-25-12-11-23-4-2/h3-22H2,1-2H3. The largest absolute Gasteiger partial charge is 0.379 e. The summed E-state index contributed by atoms with van der Waals surface area (Å²) in [6, 6.07) is 0. The van der Waals surface area contributed by atoms with Gasteiger partial charge in [0.2, 0.25) is 0 Å². The van der Waals surface area contributed by atoms with E-state index in [4.69, 9.17) is 33.2 Å². The fourth-order valence-electron chi connectivity index (χ4n) is 2.45. The van der Waals surface area contributed by atoms with E-state index in [0.29, 0.717) is 79.3 Å². The second-order valence-electron chi connectivity index (χ2n) is 6.64. The Balaban J connectivity index is 2.97. The van der Waals surface area contributed by atoms with Crippen LogP contribution in [0.1, 0.15) is 52.4 Å². The lowest BCUT2D eigenvalue weighted by Gasteiger charge is -2.08. The van der Waals surface area contributed by atoms with Crippen LogP contribution in [-0.4, -0.2) is 92.5 Å². The highest BCUT2D eigenvalue weighted by Gasteiger charge is 1.95. The van der Waals surface area contributed by atoms with Crippen molar-refractivity contribution in [2.24, 2.45) is 0 Å². The van der Waals surface area contributed by atoms with Crippen molar-refractivity contribution >= 4 is 0 Å². The molecule has 0 aliphatic rings. The Kier molecular flexibility index (Phi) is 27.5. The van der Waals surface area contributed by atoms with Crippen LogP contribution in [0.15, 0.2) is 0 Å². The van der Waals surface area contributed by atoms with Crippen LogP contribution in [0.25, 0.3) is 0 Å². The molecule has 0 rings (SSSR count). The first-order valence-corrected chi connectivity index (χ1v) is 11.5. The van der Waals surface area contributed by atoms with Crippen LogP contribution < -0.4 is 0 Å². The average Bonchev–Trinajstić information content (AvgIpc) is 2.74. The molecule has 0 saturated heterocycles. The molecule has 0 fully saturated rings. The van der Waals surface area contributed by atoms with Gasteiger partial charge in [-0.2, -0.15) is 0 Å². The van der Waals surface area contributed by atoms with Gasteiger partial charge in [-0.25, -0.2) is 0 Å². The van der Waals surface area contributed by atoms with Gasteiger partial charge < -0.3 is 33.2 Å². The van der Waals surface area contributed by atoms with Crippen molar-refractivity contribution in [3.8, 4) is 0 Å². The van der Waals surface area contributed by atoms with Crippen LogP contribution >= 0.6 is 0 Å². The van der Waals surface area contributed by atoms with Gasteiger partial charge in [0.15, 0.2) is 0 Å². The van der Waals surface area contributed by atoms with Crippen molar-refractivity contribution in [2.75, 3.05) is 92.5 Å². The Hall–Kier alpha value is -0.280. The Bertz CT molecular complexity index is 254. The zero-order valence-corrected chi connectivity index (χ0v) is 19.0. The molecule has 0 aromatic rings. The average molecular weight is 423 g/mol. The highest BCUT2D eigenvalue weighted by Crippen LogP contribution is 2.04. The molecular formula is C22H46O7. The van der Waals surface area contributed by atoms with Gasteiger partial charge >= 0.3 is 0 Å². The number of rotatable bonds is 26. The van der Waals surface area contributed by atoms with Crippen molar-refractivity contribution in [3.05, 3.63) is 0 Å². The van der Waals surface area contributed by atoms with E-state index in [0.717, 1.165) is 19.6 Å². The van der Waals surface area contributed by atoms with E-state index >= 15 is 0 Å². The quantitative estimate of drug-likeness (QED) is 0.198. The molecule has 29 heavy (non-hydrogen) atoms. The predicted octanol–water partition coefficient (Wildman–Crippen LogP) is 3.48. The SMILES string of the molecule is CCCCCCCCOCCOCCOCCOCCOCCOCCOCC. The van der Waals surface area contributed by atoms with Gasteiger partial charge in [-0.1, -0.05) is 39.0 Å². The Morgan fingerprint density at radius 3 is 1.00 bits per heavy atom. The normalized spacial score (nSPS) is 11.4. The summed E-state index contributed by atoms with van der Waals surface area (Å²) < 4.78 is 37.8. The van der Waals surface area contributed by atoms with Crippen molar-refractivity contribution in [2.45, 2.75) is 52.4 Å². The molecule has 7 nitrogen and oxygen atoms in total. The van der Waals surface area contributed by atoms with Crippen LogP contribution in [0.4, 0.5) is 0 Å². The predicted molar refractivity (Wildman–Crippen MR) is 115 cm³/mol. The molecule has 0 spiro atoms. The second-order valence-corrected chi connectivity index (χ2v) is 6.64. The summed E-state index contributed by atoms with van der Waals surface area (Å²) in [4.78, 5) is 0. The van der Waals surface area contributed by atoms with E-state index in [9.17, 15) is 0 Å². The smallest absolute Gasteiger partial charge is 0.0701 e. The summed E-state index contributed by atoms with van der Waals surface area (Å²) in [5.74, 6) is 0. The summed E-state index contributed by atoms with van der Waals surface area (Å²) in [6.45, 7) is 12.9. The van der Waals surface area contributed by atoms with Crippen LogP contribution in [0, 0.1) is 0 Å². The molecule has 0 aliphatic carbocycles. The third-order valence-corrected chi connectivity index (χ3v) is 4.08. The lowest BCUT2D eigenvalue weighted by molar-refractivity contribution is -0.0202. The topological polar surface area (TPSA) is 64.6 Å². The van der Waals surface area contributed by atoms with E-state index in [1.165, 1.54) is 32.1 Å². The zero-order chi connectivity index (χ0) is 21.1. The minimum Gasteiger partial charge on any atom is -0.379 e. The van der Waals surface area contributed by atoms with Crippen LogP contribution in [-0.2, 0) is 33.2 Å². The van der Waals surface area contributed by atoms with Crippen molar-refractivity contribution < 1.29 is 33.2 Å². The molecule has 0 radical (unpaired) electrons. The molecule has 176 valence electrons. The molecule has 0 aromatic heterocycles. The first-order valence-electron chi connectivity index (χ1n) is 11.5. The molecule has 0 N–H and O–H groups in total. The van der Waals surface area contributed by atoms with Gasteiger partial charge in [-0.3, -0.25) is 0 Å². The molecule has 0 amide bonds. The molecule has 0 saturated carbocycles. The summed E-state index contributed by atoms with van der Waals surface area (Å²) in [5, 5.41) is 0. The summed E-state index contributed by atoms with van der Waals surface area (Å²) >= 11 is 0. The van der Waals surface area contributed by atoms with Gasteiger partial charge in [-0.05, 0) is 13.3 Å². The lowest BCUT2D eigenvalue weighted by atomic mass is 10.1.